The number of hydrogen-bond donors (Lipinski definition) is 0. The van der Waals surface area contributed by atoms with Crippen LogP contribution in [0.25, 0.3) is 0 Å². The first-order valence-corrected chi connectivity index (χ1v) is 4.77. The molecule has 3 heteroatoms. The minimum atomic E-state index is -0.309. The van der Waals surface area contributed by atoms with E-state index in [-0.39, 0.29) is 11.8 Å². The molecule has 16 heavy (non-hydrogen) atoms. The summed E-state index contributed by atoms with van der Waals surface area (Å²) in [7, 11) is 0. The first-order chi connectivity index (χ1) is 7.63. The molecule has 78 valence electrons. The molecule has 1 aromatic carbocycles. The Hall–Kier alpha value is -2.34. The van der Waals surface area contributed by atoms with Crippen LogP contribution in [0.3, 0.4) is 0 Å². The van der Waals surface area contributed by atoms with Crippen LogP contribution in [-0.4, -0.2) is 11.8 Å². The number of imide groups is 1. The lowest BCUT2D eigenvalue weighted by Gasteiger charge is -2.14. The van der Waals surface area contributed by atoms with Gasteiger partial charge in [0.25, 0.3) is 11.8 Å². The average molecular weight is 211 g/mol. The maximum absolute atomic E-state index is 11.7. The van der Waals surface area contributed by atoms with Crippen molar-refractivity contribution in [1.29, 1.82) is 0 Å². The molecule has 0 aliphatic carbocycles. The van der Waals surface area contributed by atoms with Gasteiger partial charge in [-0.1, -0.05) is 5.92 Å². The van der Waals surface area contributed by atoms with Crippen LogP contribution < -0.4 is 4.90 Å². The van der Waals surface area contributed by atoms with E-state index in [4.69, 9.17) is 6.42 Å². The van der Waals surface area contributed by atoms with E-state index < -0.39 is 0 Å². The number of terminal acetylenes is 1. The summed E-state index contributed by atoms with van der Waals surface area (Å²) in [6, 6.07) is 6.72. The largest absolute Gasteiger partial charge is 0.269 e. The Morgan fingerprint density at radius 3 is 2.25 bits per heavy atom. The second kappa shape index (κ2) is 3.67. The lowest BCUT2D eigenvalue weighted by Crippen LogP contribution is -2.30. The molecular formula is C13H9NO2. The van der Waals surface area contributed by atoms with E-state index in [2.05, 4.69) is 5.92 Å². The van der Waals surface area contributed by atoms with Crippen LogP contribution >= 0.6 is 0 Å². The first kappa shape index (κ1) is 10.2. The zero-order valence-electron chi connectivity index (χ0n) is 8.73. The summed E-state index contributed by atoms with van der Waals surface area (Å²) in [6.45, 7) is 1.62. The molecule has 0 atom stereocenters. The van der Waals surface area contributed by atoms with E-state index in [1.54, 1.807) is 31.2 Å². The third kappa shape index (κ3) is 1.51. The zero-order chi connectivity index (χ0) is 11.7. The Morgan fingerprint density at radius 1 is 1.19 bits per heavy atom. The molecule has 0 unspecified atom stereocenters. The summed E-state index contributed by atoms with van der Waals surface area (Å²) in [4.78, 5) is 24.3. The highest BCUT2D eigenvalue weighted by molar-refractivity contribution is 6.30. The normalized spacial score (nSPS) is 15.0. The van der Waals surface area contributed by atoms with Crippen molar-refractivity contribution in [3.63, 3.8) is 0 Å². The fourth-order valence-electron chi connectivity index (χ4n) is 1.54. The Kier molecular flexibility index (Phi) is 2.34. The smallest absolute Gasteiger partial charge is 0.261 e. The number of hydrogen-bond acceptors (Lipinski definition) is 2. The average Bonchev–Trinajstić information content (AvgIpc) is 2.54. The molecule has 1 aliphatic heterocycles. The van der Waals surface area contributed by atoms with E-state index in [0.717, 1.165) is 4.90 Å². The van der Waals surface area contributed by atoms with E-state index in [1.807, 2.05) is 0 Å². The van der Waals surface area contributed by atoms with Gasteiger partial charge in [0.15, 0.2) is 0 Å². The SMILES string of the molecule is C#Cc1ccc(N2C(=O)C=C(C)C2=O)cc1. The van der Waals surface area contributed by atoms with Crippen molar-refractivity contribution in [3.8, 4) is 12.3 Å². The fourth-order valence-corrected chi connectivity index (χ4v) is 1.54. The Morgan fingerprint density at radius 2 is 1.81 bits per heavy atom. The summed E-state index contributed by atoms with van der Waals surface area (Å²) in [5.41, 5.74) is 1.71. The number of anilines is 1. The van der Waals surface area contributed by atoms with Crippen molar-refractivity contribution < 1.29 is 9.59 Å². The number of rotatable bonds is 1. The molecule has 0 saturated carbocycles. The van der Waals surface area contributed by atoms with E-state index in [9.17, 15) is 9.59 Å². The van der Waals surface area contributed by atoms with E-state index >= 15 is 0 Å². The Balaban J connectivity index is 2.36. The number of benzene rings is 1. The summed E-state index contributed by atoms with van der Waals surface area (Å²) in [6.07, 6.45) is 6.55. The third-order valence-electron chi connectivity index (χ3n) is 2.39. The molecule has 0 N–H and O–H groups in total. The molecule has 1 heterocycles. The molecular weight excluding hydrogens is 202 g/mol. The predicted octanol–water partition coefficient (Wildman–Crippen LogP) is 1.49. The monoisotopic (exact) mass is 211 g/mol. The molecule has 2 amide bonds. The second-order valence-corrected chi connectivity index (χ2v) is 3.50. The third-order valence-corrected chi connectivity index (χ3v) is 2.39. The first-order valence-electron chi connectivity index (χ1n) is 4.77. The molecule has 0 spiro atoms. The van der Waals surface area contributed by atoms with Gasteiger partial charge in [-0.2, -0.15) is 0 Å². The molecule has 2 rings (SSSR count). The standard InChI is InChI=1S/C13H9NO2/c1-3-10-4-6-11(7-5-10)14-12(15)8-9(2)13(14)16/h1,4-8H,2H3. The van der Waals surface area contributed by atoms with Crippen LogP contribution in [0.5, 0.6) is 0 Å². The van der Waals surface area contributed by atoms with Crippen molar-refractivity contribution in [3.05, 3.63) is 41.5 Å². The summed E-state index contributed by atoms with van der Waals surface area (Å²) >= 11 is 0. The zero-order valence-corrected chi connectivity index (χ0v) is 8.73. The van der Waals surface area contributed by atoms with Crippen molar-refractivity contribution in [1.82, 2.24) is 0 Å². The van der Waals surface area contributed by atoms with Crippen LogP contribution in [0.1, 0.15) is 12.5 Å². The van der Waals surface area contributed by atoms with Crippen molar-refractivity contribution in [2.24, 2.45) is 0 Å². The van der Waals surface area contributed by atoms with Crippen LogP contribution in [0.15, 0.2) is 35.9 Å². The van der Waals surface area contributed by atoms with Gasteiger partial charge in [0.2, 0.25) is 0 Å². The maximum atomic E-state index is 11.7. The van der Waals surface area contributed by atoms with Gasteiger partial charge in [-0.3, -0.25) is 9.59 Å². The van der Waals surface area contributed by atoms with Gasteiger partial charge in [-0.05, 0) is 31.2 Å². The second-order valence-electron chi connectivity index (χ2n) is 3.50. The molecule has 0 saturated heterocycles. The Bertz CT molecular complexity index is 532. The van der Waals surface area contributed by atoms with Crippen molar-refractivity contribution in [2.75, 3.05) is 4.90 Å². The van der Waals surface area contributed by atoms with Gasteiger partial charge < -0.3 is 0 Å². The molecule has 1 aromatic rings. The highest BCUT2D eigenvalue weighted by atomic mass is 16.2. The highest BCUT2D eigenvalue weighted by Gasteiger charge is 2.29. The quantitative estimate of drug-likeness (QED) is 0.521. The topological polar surface area (TPSA) is 37.4 Å². The minimum Gasteiger partial charge on any atom is -0.269 e. The molecule has 0 aromatic heterocycles. The van der Waals surface area contributed by atoms with Gasteiger partial charge in [0.1, 0.15) is 0 Å². The number of amides is 2. The maximum Gasteiger partial charge on any atom is 0.261 e. The van der Waals surface area contributed by atoms with Crippen LogP contribution in [-0.2, 0) is 9.59 Å². The summed E-state index contributed by atoms with van der Waals surface area (Å²) in [5.74, 6) is 1.89. The van der Waals surface area contributed by atoms with Crippen LogP contribution in [0.2, 0.25) is 0 Å². The van der Waals surface area contributed by atoms with E-state index in [1.165, 1.54) is 6.08 Å². The lowest BCUT2D eigenvalue weighted by molar-refractivity contribution is -0.120. The van der Waals surface area contributed by atoms with Crippen LogP contribution in [0.4, 0.5) is 5.69 Å². The van der Waals surface area contributed by atoms with Gasteiger partial charge in [-0.25, -0.2) is 4.90 Å². The number of carbonyl (C=O) groups excluding carboxylic acids is 2. The number of nitrogens with zero attached hydrogens (tertiary/aromatic N) is 1. The molecule has 0 fully saturated rings. The summed E-state index contributed by atoms with van der Waals surface area (Å²) in [5, 5.41) is 0. The van der Waals surface area contributed by atoms with Gasteiger partial charge in [0, 0.05) is 17.2 Å². The fraction of sp³-hybridized carbons (Fsp3) is 0.0769. The lowest BCUT2D eigenvalue weighted by atomic mass is 10.2. The highest BCUT2D eigenvalue weighted by Crippen LogP contribution is 2.22. The van der Waals surface area contributed by atoms with Gasteiger partial charge in [0.05, 0.1) is 5.69 Å². The number of carbonyl (C=O) groups is 2. The van der Waals surface area contributed by atoms with Gasteiger partial charge >= 0.3 is 0 Å². The van der Waals surface area contributed by atoms with E-state index in [0.29, 0.717) is 16.8 Å². The predicted molar refractivity (Wildman–Crippen MR) is 60.6 cm³/mol. The minimum absolute atomic E-state index is 0.279. The molecule has 0 radical (unpaired) electrons. The molecule has 0 bridgehead atoms. The molecule has 1 aliphatic rings. The summed E-state index contributed by atoms with van der Waals surface area (Å²) < 4.78 is 0. The van der Waals surface area contributed by atoms with Gasteiger partial charge in [-0.15, -0.1) is 6.42 Å². The van der Waals surface area contributed by atoms with Crippen molar-refractivity contribution >= 4 is 17.5 Å². The Labute approximate surface area is 93.4 Å². The molecule has 3 nitrogen and oxygen atoms in total. The van der Waals surface area contributed by atoms with Crippen molar-refractivity contribution in [2.45, 2.75) is 6.92 Å². The van der Waals surface area contributed by atoms with Crippen LogP contribution in [0, 0.1) is 12.3 Å².